The van der Waals surface area contributed by atoms with Crippen molar-refractivity contribution in [1.29, 1.82) is 0 Å². The molecule has 0 aliphatic heterocycles. The fourth-order valence-corrected chi connectivity index (χ4v) is 1.88. The molecule has 0 spiro atoms. The predicted octanol–water partition coefficient (Wildman–Crippen LogP) is 2.37. The van der Waals surface area contributed by atoms with Gasteiger partial charge in [-0.25, -0.2) is 0 Å². The molecule has 0 aromatic carbocycles. The van der Waals surface area contributed by atoms with Crippen LogP contribution in [0.5, 0.6) is 0 Å². The van der Waals surface area contributed by atoms with Crippen LogP contribution in [-0.2, 0) is 13.1 Å². The molecule has 1 aromatic rings. The number of furan rings is 1. The number of rotatable bonds is 7. The van der Waals surface area contributed by atoms with Crippen molar-refractivity contribution in [2.24, 2.45) is 0 Å². The maximum atomic E-state index is 5.54. The lowest BCUT2D eigenvalue weighted by atomic mass is 10.2. The normalized spacial score (nSPS) is 15.9. The Morgan fingerprint density at radius 2 is 2.12 bits per heavy atom. The van der Waals surface area contributed by atoms with E-state index in [-0.39, 0.29) is 0 Å². The van der Waals surface area contributed by atoms with Crippen molar-refractivity contribution in [3.05, 3.63) is 23.7 Å². The summed E-state index contributed by atoms with van der Waals surface area (Å²) in [6, 6.07) is 2.84. The van der Waals surface area contributed by atoms with Gasteiger partial charge < -0.3 is 9.73 Å². The zero-order valence-electron chi connectivity index (χ0n) is 10.3. The molecule has 1 aliphatic rings. The van der Waals surface area contributed by atoms with E-state index in [9.17, 15) is 0 Å². The summed E-state index contributed by atoms with van der Waals surface area (Å²) in [5, 5.41) is 3.50. The van der Waals surface area contributed by atoms with Gasteiger partial charge in [0.2, 0.25) is 0 Å². The molecule has 1 aliphatic carbocycles. The second-order valence-corrected chi connectivity index (χ2v) is 4.49. The Morgan fingerprint density at radius 1 is 1.38 bits per heavy atom. The summed E-state index contributed by atoms with van der Waals surface area (Å²) in [4.78, 5) is 2.41. The van der Waals surface area contributed by atoms with Gasteiger partial charge in [-0.15, -0.1) is 0 Å². The molecule has 1 saturated carbocycles. The predicted molar refractivity (Wildman–Crippen MR) is 65.2 cm³/mol. The maximum Gasteiger partial charge on any atom is 0.122 e. The summed E-state index contributed by atoms with van der Waals surface area (Å²) >= 11 is 0. The zero-order chi connectivity index (χ0) is 11.4. The van der Waals surface area contributed by atoms with E-state index in [1.165, 1.54) is 18.4 Å². The molecule has 1 fully saturated rings. The van der Waals surface area contributed by atoms with Crippen LogP contribution in [0, 0.1) is 0 Å². The van der Waals surface area contributed by atoms with Crippen LogP contribution in [0.4, 0.5) is 0 Å². The van der Waals surface area contributed by atoms with E-state index in [2.05, 4.69) is 30.1 Å². The first-order valence-electron chi connectivity index (χ1n) is 6.34. The van der Waals surface area contributed by atoms with Crippen molar-refractivity contribution in [3.8, 4) is 0 Å². The summed E-state index contributed by atoms with van der Waals surface area (Å²) in [6.45, 7) is 8.48. The fourth-order valence-electron chi connectivity index (χ4n) is 1.88. The van der Waals surface area contributed by atoms with Crippen LogP contribution in [0.1, 0.15) is 38.0 Å². The Bertz CT molecular complexity index is 313. The van der Waals surface area contributed by atoms with E-state index in [1.54, 1.807) is 0 Å². The first-order valence-corrected chi connectivity index (χ1v) is 6.34. The van der Waals surface area contributed by atoms with Gasteiger partial charge in [0.1, 0.15) is 5.76 Å². The number of hydrogen-bond acceptors (Lipinski definition) is 3. The second kappa shape index (κ2) is 5.51. The minimum absolute atomic E-state index is 0.742. The second-order valence-electron chi connectivity index (χ2n) is 4.49. The number of hydrogen-bond donors (Lipinski definition) is 1. The van der Waals surface area contributed by atoms with Crippen molar-refractivity contribution < 1.29 is 4.42 Å². The van der Waals surface area contributed by atoms with Crippen LogP contribution in [0.15, 0.2) is 16.7 Å². The molecule has 0 unspecified atom stereocenters. The Labute approximate surface area is 97.8 Å². The first kappa shape index (κ1) is 11.7. The van der Waals surface area contributed by atoms with Crippen LogP contribution in [0.2, 0.25) is 0 Å². The van der Waals surface area contributed by atoms with Crippen LogP contribution >= 0.6 is 0 Å². The van der Waals surface area contributed by atoms with E-state index >= 15 is 0 Å². The highest BCUT2D eigenvalue weighted by atomic mass is 16.3. The highest BCUT2D eigenvalue weighted by molar-refractivity contribution is 5.17. The fraction of sp³-hybridized carbons (Fsp3) is 0.692. The average molecular weight is 222 g/mol. The van der Waals surface area contributed by atoms with Crippen molar-refractivity contribution in [2.45, 2.75) is 45.8 Å². The summed E-state index contributed by atoms with van der Waals surface area (Å²) in [6.07, 6.45) is 4.46. The van der Waals surface area contributed by atoms with Gasteiger partial charge in [-0.2, -0.15) is 0 Å². The molecule has 90 valence electrons. The lowest BCUT2D eigenvalue weighted by Crippen LogP contribution is -2.23. The van der Waals surface area contributed by atoms with E-state index < -0.39 is 0 Å². The van der Waals surface area contributed by atoms with E-state index in [1.807, 2.05) is 6.26 Å². The van der Waals surface area contributed by atoms with E-state index in [4.69, 9.17) is 4.42 Å². The molecule has 0 atom stereocenters. The standard InChI is InChI=1S/C13H22N2O/c1-3-15(4-2)10-11-7-8-16-13(11)9-14-12-5-6-12/h7-8,12,14H,3-6,9-10H2,1-2H3. The molecule has 0 radical (unpaired) electrons. The molecule has 3 nitrogen and oxygen atoms in total. The van der Waals surface area contributed by atoms with Gasteiger partial charge in [0.15, 0.2) is 0 Å². The Morgan fingerprint density at radius 3 is 2.75 bits per heavy atom. The number of nitrogens with one attached hydrogen (secondary N) is 1. The average Bonchev–Trinajstić information content (AvgIpc) is 3.03. The molecule has 16 heavy (non-hydrogen) atoms. The maximum absolute atomic E-state index is 5.54. The van der Waals surface area contributed by atoms with Gasteiger partial charge in [0.25, 0.3) is 0 Å². The molecule has 0 bridgehead atoms. The minimum atomic E-state index is 0.742. The lowest BCUT2D eigenvalue weighted by molar-refractivity contribution is 0.292. The van der Waals surface area contributed by atoms with Gasteiger partial charge in [0.05, 0.1) is 12.8 Å². The molecule has 1 N–H and O–H groups in total. The summed E-state index contributed by atoms with van der Waals surface area (Å²) in [5.74, 6) is 1.11. The third-order valence-corrected chi connectivity index (χ3v) is 3.25. The van der Waals surface area contributed by atoms with E-state index in [0.29, 0.717) is 0 Å². The van der Waals surface area contributed by atoms with Gasteiger partial charge in [-0.3, -0.25) is 4.90 Å². The minimum Gasteiger partial charge on any atom is -0.468 e. The molecule has 1 heterocycles. The molecule has 3 heteroatoms. The van der Waals surface area contributed by atoms with Gasteiger partial charge in [-0.05, 0) is 32.0 Å². The smallest absolute Gasteiger partial charge is 0.122 e. The third kappa shape index (κ3) is 3.09. The van der Waals surface area contributed by atoms with Gasteiger partial charge >= 0.3 is 0 Å². The molecule has 2 rings (SSSR count). The Balaban J connectivity index is 1.89. The number of nitrogens with zero attached hydrogens (tertiary/aromatic N) is 1. The summed E-state index contributed by atoms with van der Waals surface area (Å²) in [7, 11) is 0. The highest BCUT2D eigenvalue weighted by Gasteiger charge is 2.21. The lowest BCUT2D eigenvalue weighted by Gasteiger charge is -2.17. The summed E-state index contributed by atoms with van der Waals surface area (Å²) < 4.78 is 5.54. The van der Waals surface area contributed by atoms with Crippen molar-refractivity contribution >= 4 is 0 Å². The third-order valence-electron chi connectivity index (χ3n) is 3.25. The van der Waals surface area contributed by atoms with Gasteiger partial charge in [-0.1, -0.05) is 13.8 Å². The van der Waals surface area contributed by atoms with E-state index in [0.717, 1.165) is 38.0 Å². The molecule has 0 amide bonds. The van der Waals surface area contributed by atoms with Crippen molar-refractivity contribution in [3.63, 3.8) is 0 Å². The van der Waals surface area contributed by atoms with Crippen LogP contribution in [0.25, 0.3) is 0 Å². The molecule has 1 aromatic heterocycles. The monoisotopic (exact) mass is 222 g/mol. The zero-order valence-corrected chi connectivity index (χ0v) is 10.3. The first-order chi connectivity index (χ1) is 7.83. The largest absolute Gasteiger partial charge is 0.468 e. The molecule has 0 saturated heterocycles. The van der Waals surface area contributed by atoms with Crippen LogP contribution in [0.3, 0.4) is 0 Å². The molecular formula is C13H22N2O. The van der Waals surface area contributed by atoms with Crippen LogP contribution < -0.4 is 5.32 Å². The Hall–Kier alpha value is -0.800. The van der Waals surface area contributed by atoms with Crippen LogP contribution in [-0.4, -0.2) is 24.0 Å². The highest BCUT2D eigenvalue weighted by Crippen LogP contribution is 2.20. The Kier molecular flexibility index (Phi) is 4.02. The van der Waals surface area contributed by atoms with Crippen molar-refractivity contribution in [1.82, 2.24) is 10.2 Å². The van der Waals surface area contributed by atoms with Gasteiger partial charge in [0, 0.05) is 18.2 Å². The SMILES string of the molecule is CCN(CC)Cc1ccoc1CNC1CC1. The van der Waals surface area contributed by atoms with Crippen molar-refractivity contribution in [2.75, 3.05) is 13.1 Å². The molecular weight excluding hydrogens is 200 g/mol. The summed E-state index contributed by atoms with van der Waals surface area (Å²) in [5.41, 5.74) is 1.33. The topological polar surface area (TPSA) is 28.4 Å². The quantitative estimate of drug-likeness (QED) is 0.767.